The van der Waals surface area contributed by atoms with Gasteiger partial charge in [0.25, 0.3) is 0 Å². The molecule has 3 heteroatoms. The summed E-state index contributed by atoms with van der Waals surface area (Å²) in [5, 5.41) is 0. The molecule has 88 valence electrons. The number of ether oxygens (including phenoxy) is 2. The number of rotatable bonds is 8. The molecule has 0 radical (unpaired) electrons. The minimum Gasteiger partial charge on any atom is -0.385 e. The van der Waals surface area contributed by atoms with E-state index in [0.29, 0.717) is 26.2 Å². The van der Waals surface area contributed by atoms with Crippen molar-refractivity contribution in [1.82, 2.24) is 0 Å². The smallest absolute Gasteiger partial charge is 0.165 e. The molecular formula is C13H18O3. The second-order valence-corrected chi connectivity index (χ2v) is 3.50. The van der Waals surface area contributed by atoms with Crippen LogP contribution in [0.4, 0.5) is 0 Å². The number of methoxy groups -OCH3 is 1. The Labute approximate surface area is 96.4 Å². The van der Waals surface area contributed by atoms with Crippen molar-refractivity contribution in [3.05, 3.63) is 35.9 Å². The molecule has 0 aliphatic carbocycles. The number of ketones is 1. The summed E-state index contributed by atoms with van der Waals surface area (Å²) in [7, 11) is 1.67. The van der Waals surface area contributed by atoms with Crippen LogP contribution < -0.4 is 0 Å². The maximum atomic E-state index is 11.6. The Kier molecular flexibility index (Phi) is 6.45. The molecule has 0 saturated carbocycles. The predicted octanol–water partition coefficient (Wildman–Crippen LogP) is 2.31. The van der Waals surface area contributed by atoms with Gasteiger partial charge in [0.05, 0.1) is 6.61 Å². The maximum absolute atomic E-state index is 11.6. The van der Waals surface area contributed by atoms with E-state index in [-0.39, 0.29) is 5.78 Å². The summed E-state index contributed by atoms with van der Waals surface area (Å²) in [5.41, 5.74) is 0.753. The van der Waals surface area contributed by atoms with E-state index in [0.717, 1.165) is 12.0 Å². The third-order valence-corrected chi connectivity index (χ3v) is 2.21. The highest BCUT2D eigenvalue weighted by Gasteiger charge is 2.03. The van der Waals surface area contributed by atoms with Crippen LogP contribution in [0.25, 0.3) is 0 Å². The van der Waals surface area contributed by atoms with E-state index in [1.807, 2.05) is 30.3 Å². The van der Waals surface area contributed by atoms with Gasteiger partial charge in [0.15, 0.2) is 5.78 Å². The maximum Gasteiger partial charge on any atom is 0.165 e. The molecule has 0 bridgehead atoms. The lowest BCUT2D eigenvalue weighted by molar-refractivity contribution is 0.0820. The second kappa shape index (κ2) is 8.02. The van der Waals surface area contributed by atoms with Gasteiger partial charge in [-0.1, -0.05) is 30.3 Å². The fraction of sp³-hybridized carbons (Fsp3) is 0.462. The molecule has 0 N–H and O–H groups in total. The highest BCUT2D eigenvalue weighted by molar-refractivity contribution is 5.96. The second-order valence-electron chi connectivity index (χ2n) is 3.50. The third kappa shape index (κ3) is 5.05. The normalized spacial score (nSPS) is 10.3. The van der Waals surface area contributed by atoms with Crippen LogP contribution in [0.1, 0.15) is 23.2 Å². The van der Waals surface area contributed by atoms with Gasteiger partial charge >= 0.3 is 0 Å². The molecule has 0 spiro atoms. The molecule has 16 heavy (non-hydrogen) atoms. The molecule has 0 aliphatic rings. The van der Waals surface area contributed by atoms with Gasteiger partial charge in [0.2, 0.25) is 0 Å². The van der Waals surface area contributed by atoms with Crippen molar-refractivity contribution in [2.45, 2.75) is 12.8 Å². The Hall–Kier alpha value is -1.19. The van der Waals surface area contributed by atoms with Crippen LogP contribution in [0.3, 0.4) is 0 Å². The molecule has 0 atom stereocenters. The van der Waals surface area contributed by atoms with Crippen LogP contribution in [0.2, 0.25) is 0 Å². The Morgan fingerprint density at radius 1 is 1.12 bits per heavy atom. The summed E-state index contributed by atoms with van der Waals surface area (Å²) in [6, 6.07) is 9.29. The molecule has 0 unspecified atom stereocenters. The largest absolute Gasteiger partial charge is 0.385 e. The molecular weight excluding hydrogens is 204 g/mol. The van der Waals surface area contributed by atoms with Crippen LogP contribution in [-0.2, 0) is 9.47 Å². The Morgan fingerprint density at radius 2 is 1.88 bits per heavy atom. The first-order valence-electron chi connectivity index (χ1n) is 5.49. The zero-order chi connectivity index (χ0) is 11.6. The third-order valence-electron chi connectivity index (χ3n) is 2.21. The van der Waals surface area contributed by atoms with E-state index in [1.165, 1.54) is 0 Å². The summed E-state index contributed by atoms with van der Waals surface area (Å²) in [6.45, 7) is 1.83. The van der Waals surface area contributed by atoms with Gasteiger partial charge in [-0.2, -0.15) is 0 Å². The van der Waals surface area contributed by atoms with Crippen LogP contribution >= 0.6 is 0 Å². The van der Waals surface area contributed by atoms with Gasteiger partial charge in [0, 0.05) is 32.3 Å². The standard InChI is InChI=1S/C13H18O3/c1-15-9-5-10-16-11-8-13(14)12-6-3-2-4-7-12/h2-4,6-7H,5,8-11H2,1H3. The minimum absolute atomic E-state index is 0.132. The summed E-state index contributed by atoms with van der Waals surface area (Å²) >= 11 is 0. The van der Waals surface area contributed by atoms with Crippen LogP contribution in [-0.4, -0.2) is 32.7 Å². The van der Waals surface area contributed by atoms with Crippen molar-refractivity contribution in [2.75, 3.05) is 26.9 Å². The average Bonchev–Trinajstić information content (AvgIpc) is 2.34. The summed E-state index contributed by atoms with van der Waals surface area (Å²) in [4.78, 5) is 11.6. The van der Waals surface area contributed by atoms with E-state index < -0.39 is 0 Å². The van der Waals surface area contributed by atoms with E-state index >= 15 is 0 Å². The number of benzene rings is 1. The van der Waals surface area contributed by atoms with Gasteiger partial charge in [-0.15, -0.1) is 0 Å². The highest BCUT2D eigenvalue weighted by atomic mass is 16.5. The van der Waals surface area contributed by atoms with Crippen molar-refractivity contribution in [2.24, 2.45) is 0 Å². The first-order chi connectivity index (χ1) is 7.84. The SMILES string of the molecule is COCCCOCCC(=O)c1ccccc1. The lowest BCUT2D eigenvalue weighted by atomic mass is 10.1. The summed E-state index contributed by atoms with van der Waals surface area (Å²) < 4.78 is 10.2. The van der Waals surface area contributed by atoms with Gasteiger partial charge in [-0.3, -0.25) is 4.79 Å². The number of hydrogen-bond acceptors (Lipinski definition) is 3. The summed E-state index contributed by atoms with van der Waals surface area (Å²) in [5.74, 6) is 0.132. The first-order valence-corrected chi connectivity index (χ1v) is 5.49. The van der Waals surface area contributed by atoms with E-state index in [4.69, 9.17) is 9.47 Å². The molecule has 3 nitrogen and oxygen atoms in total. The van der Waals surface area contributed by atoms with Crippen molar-refractivity contribution >= 4 is 5.78 Å². The first kappa shape index (κ1) is 12.9. The predicted molar refractivity (Wildman–Crippen MR) is 62.7 cm³/mol. The van der Waals surface area contributed by atoms with Crippen molar-refractivity contribution in [1.29, 1.82) is 0 Å². The van der Waals surface area contributed by atoms with Gasteiger partial charge in [-0.05, 0) is 6.42 Å². The van der Waals surface area contributed by atoms with E-state index in [9.17, 15) is 4.79 Å². The Morgan fingerprint density at radius 3 is 2.56 bits per heavy atom. The Bertz CT molecular complexity index is 295. The van der Waals surface area contributed by atoms with Crippen molar-refractivity contribution < 1.29 is 14.3 Å². The topological polar surface area (TPSA) is 35.5 Å². The molecule has 0 amide bonds. The molecule has 1 rings (SSSR count). The quantitative estimate of drug-likeness (QED) is 0.500. The van der Waals surface area contributed by atoms with Crippen molar-refractivity contribution in [3.8, 4) is 0 Å². The van der Waals surface area contributed by atoms with Gasteiger partial charge in [-0.25, -0.2) is 0 Å². The van der Waals surface area contributed by atoms with E-state index in [2.05, 4.69) is 0 Å². The highest BCUT2D eigenvalue weighted by Crippen LogP contribution is 2.02. The van der Waals surface area contributed by atoms with Crippen LogP contribution in [0.15, 0.2) is 30.3 Å². The molecule has 0 heterocycles. The van der Waals surface area contributed by atoms with Gasteiger partial charge in [0.1, 0.15) is 0 Å². The molecule has 0 fully saturated rings. The average molecular weight is 222 g/mol. The molecule has 0 aromatic heterocycles. The number of carbonyl (C=O) groups excluding carboxylic acids is 1. The van der Waals surface area contributed by atoms with Crippen molar-refractivity contribution in [3.63, 3.8) is 0 Å². The zero-order valence-corrected chi connectivity index (χ0v) is 9.65. The van der Waals surface area contributed by atoms with E-state index in [1.54, 1.807) is 7.11 Å². The summed E-state index contributed by atoms with van der Waals surface area (Å²) in [6.07, 6.45) is 1.31. The molecule has 1 aromatic carbocycles. The Balaban J connectivity index is 2.12. The minimum atomic E-state index is 0.132. The molecule has 1 aromatic rings. The number of carbonyl (C=O) groups is 1. The monoisotopic (exact) mass is 222 g/mol. The van der Waals surface area contributed by atoms with Crippen LogP contribution in [0, 0.1) is 0 Å². The van der Waals surface area contributed by atoms with Gasteiger partial charge < -0.3 is 9.47 Å². The van der Waals surface area contributed by atoms with Crippen LogP contribution in [0.5, 0.6) is 0 Å². The number of Topliss-reactive ketones (excluding diaryl/α,β-unsaturated/α-hetero) is 1. The fourth-order valence-electron chi connectivity index (χ4n) is 1.34. The lowest BCUT2D eigenvalue weighted by Gasteiger charge is -2.03. The molecule has 0 aliphatic heterocycles. The lowest BCUT2D eigenvalue weighted by Crippen LogP contribution is -2.06. The zero-order valence-electron chi connectivity index (χ0n) is 9.65. The molecule has 0 saturated heterocycles. The number of hydrogen-bond donors (Lipinski definition) is 0. The fourth-order valence-corrected chi connectivity index (χ4v) is 1.34.